The summed E-state index contributed by atoms with van der Waals surface area (Å²) in [5.74, 6) is 0.844. The molecule has 0 radical (unpaired) electrons. The van der Waals surface area contributed by atoms with Gasteiger partial charge in [0.15, 0.2) is 0 Å². The number of hydrogen-bond donors (Lipinski definition) is 0. The Morgan fingerprint density at radius 2 is 2.00 bits per heavy atom. The van der Waals surface area contributed by atoms with Gasteiger partial charge in [-0.3, -0.25) is 4.90 Å². The van der Waals surface area contributed by atoms with Crippen molar-refractivity contribution in [1.29, 1.82) is 0 Å². The molecule has 1 aromatic carbocycles. The molecular weight excluding hydrogens is 292 g/mol. The Labute approximate surface area is 138 Å². The molecule has 1 aromatic rings. The average molecular weight is 318 g/mol. The highest BCUT2D eigenvalue weighted by Crippen LogP contribution is 2.21. The third kappa shape index (κ3) is 4.16. The Hall–Kier alpha value is -1.75. The molecule has 23 heavy (non-hydrogen) atoms. The lowest BCUT2D eigenvalue weighted by Crippen LogP contribution is -2.56. The Bertz CT molecular complexity index is 518. The monoisotopic (exact) mass is 318 g/mol. The van der Waals surface area contributed by atoms with Gasteiger partial charge in [-0.25, -0.2) is 4.79 Å². The number of benzene rings is 1. The van der Waals surface area contributed by atoms with Gasteiger partial charge in [-0.05, 0) is 37.1 Å². The van der Waals surface area contributed by atoms with Gasteiger partial charge in [-0.1, -0.05) is 18.6 Å². The third-order valence-corrected chi connectivity index (χ3v) is 4.87. The molecule has 2 aliphatic heterocycles. The van der Waals surface area contributed by atoms with Crippen LogP contribution >= 0.6 is 0 Å². The van der Waals surface area contributed by atoms with Gasteiger partial charge in [0.05, 0.1) is 13.7 Å². The molecule has 0 spiro atoms. The summed E-state index contributed by atoms with van der Waals surface area (Å²) in [5, 5.41) is 0. The van der Waals surface area contributed by atoms with E-state index in [0.717, 1.165) is 37.4 Å². The summed E-state index contributed by atoms with van der Waals surface area (Å²) in [6.45, 7) is 4.21. The summed E-state index contributed by atoms with van der Waals surface area (Å²) in [7, 11) is 1.66. The molecule has 2 fully saturated rings. The molecule has 1 amide bonds. The van der Waals surface area contributed by atoms with Gasteiger partial charge in [0.25, 0.3) is 0 Å². The van der Waals surface area contributed by atoms with E-state index in [1.807, 2.05) is 29.2 Å². The van der Waals surface area contributed by atoms with Crippen molar-refractivity contribution in [3.05, 3.63) is 29.8 Å². The molecule has 0 aliphatic carbocycles. The number of carbonyl (C=O) groups excluding carboxylic acids is 1. The van der Waals surface area contributed by atoms with Gasteiger partial charge in [0, 0.05) is 32.1 Å². The largest absolute Gasteiger partial charge is 0.497 e. The summed E-state index contributed by atoms with van der Waals surface area (Å²) >= 11 is 0. The number of carbonyl (C=O) groups is 1. The van der Waals surface area contributed by atoms with Gasteiger partial charge >= 0.3 is 6.09 Å². The zero-order valence-electron chi connectivity index (χ0n) is 13.9. The van der Waals surface area contributed by atoms with Gasteiger partial charge in [0.1, 0.15) is 5.75 Å². The van der Waals surface area contributed by atoms with Crippen molar-refractivity contribution in [2.24, 2.45) is 0 Å². The van der Waals surface area contributed by atoms with Crippen molar-refractivity contribution in [2.45, 2.75) is 31.7 Å². The molecule has 2 aliphatic rings. The van der Waals surface area contributed by atoms with E-state index in [2.05, 4.69) is 4.90 Å². The predicted molar refractivity (Wildman–Crippen MR) is 88.8 cm³/mol. The first-order valence-electron chi connectivity index (χ1n) is 8.55. The fourth-order valence-corrected chi connectivity index (χ4v) is 3.46. The van der Waals surface area contributed by atoms with Crippen molar-refractivity contribution in [1.82, 2.24) is 9.80 Å². The lowest BCUT2D eigenvalue weighted by Gasteiger charge is -2.43. The second-order valence-electron chi connectivity index (χ2n) is 6.34. The number of hydrogen-bond acceptors (Lipinski definition) is 4. The highest BCUT2D eigenvalue weighted by Gasteiger charge is 2.31. The summed E-state index contributed by atoms with van der Waals surface area (Å²) in [6, 6.07) is 8.41. The Morgan fingerprint density at radius 3 is 2.78 bits per heavy atom. The average Bonchev–Trinajstić information content (AvgIpc) is 2.61. The number of methoxy groups -OCH3 is 1. The molecule has 5 nitrogen and oxygen atoms in total. The van der Waals surface area contributed by atoms with Crippen molar-refractivity contribution < 1.29 is 14.3 Å². The lowest BCUT2D eigenvalue weighted by molar-refractivity contribution is 0.0359. The fraction of sp³-hybridized carbons (Fsp3) is 0.611. The van der Waals surface area contributed by atoms with Gasteiger partial charge in [-0.15, -0.1) is 0 Å². The Balaban J connectivity index is 1.42. The second kappa shape index (κ2) is 7.68. The Kier molecular flexibility index (Phi) is 5.39. The van der Waals surface area contributed by atoms with E-state index in [1.165, 1.54) is 25.8 Å². The van der Waals surface area contributed by atoms with Crippen LogP contribution in [0.2, 0.25) is 0 Å². The van der Waals surface area contributed by atoms with E-state index in [-0.39, 0.29) is 6.09 Å². The number of piperidine rings is 1. The van der Waals surface area contributed by atoms with Crippen molar-refractivity contribution in [3.63, 3.8) is 0 Å². The molecule has 0 saturated carbocycles. The van der Waals surface area contributed by atoms with Crippen LogP contribution in [0, 0.1) is 0 Å². The quantitative estimate of drug-likeness (QED) is 0.855. The highest BCUT2D eigenvalue weighted by atomic mass is 16.6. The standard InChI is InChI=1S/C18H26N2O3/c1-22-17-7-5-15(6-8-17)9-13-23-18(21)20-12-11-19-10-3-2-4-16(19)14-20/h5-8,16H,2-4,9-14H2,1H3. The SMILES string of the molecule is COc1ccc(CCOC(=O)N2CCN3CCCCC3C2)cc1. The van der Waals surface area contributed by atoms with Crippen molar-refractivity contribution in [3.8, 4) is 5.75 Å². The summed E-state index contributed by atoms with van der Waals surface area (Å²) in [5.41, 5.74) is 1.15. The number of piperazine rings is 1. The smallest absolute Gasteiger partial charge is 0.409 e. The van der Waals surface area contributed by atoms with Crippen LogP contribution in [-0.4, -0.2) is 61.8 Å². The van der Waals surface area contributed by atoms with Crippen LogP contribution in [0.5, 0.6) is 5.75 Å². The molecule has 3 rings (SSSR count). The number of fused-ring (bicyclic) bond motifs is 1. The van der Waals surface area contributed by atoms with Crippen molar-refractivity contribution in [2.75, 3.05) is 39.9 Å². The second-order valence-corrected chi connectivity index (χ2v) is 6.34. The van der Waals surface area contributed by atoms with E-state index in [0.29, 0.717) is 12.6 Å². The minimum atomic E-state index is -0.163. The third-order valence-electron chi connectivity index (χ3n) is 4.87. The van der Waals surface area contributed by atoms with Gasteiger partial charge < -0.3 is 14.4 Å². The number of ether oxygens (including phenoxy) is 2. The Morgan fingerprint density at radius 1 is 1.17 bits per heavy atom. The molecule has 2 saturated heterocycles. The van der Waals surface area contributed by atoms with E-state index in [9.17, 15) is 4.79 Å². The number of amides is 1. The maximum Gasteiger partial charge on any atom is 0.409 e. The molecule has 0 N–H and O–H groups in total. The van der Waals surface area contributed by atoms with Crippen LogP contribution in [0.25, 0.3) is 0 Å². The zero-order valence-corrected chi connectivity index (χ0v) is 13.9. The number of nitrogens with zero attached hydrogens (tertiary/aromatic N) is 2. The van der Waals surface area contributed by atoms with E-state index < -0.39 is 0 Å². The highest BCUT2D eigenvalue weighted by molar-refractivity contribution is 5.67. The molecule has 1 unspecified atom stereocenters. The fourth-order valence-electron chi connectivity index (χ4n) is 3.46. The van der Waals surface area contributed by atoms with Crippen LogP contribution in [-0.2, 0) is 11.2 Å². The molecule has 0 bridgehead atoms. The lowest BCUT2D eigenvalue weighted by atomic mass is 10.00. The first kappa shape index (κ1) is 16.1. The molecule has 2 heterocycles. The maximum absolute atomic E-state index is 12.2. The summed E-state index contributed by atoms with van der Waals surface area (Å²) < 4.78 is 10.6. The molecule has 0 aromatic heterocycles. The van der Waals surface area contributed by atoms with Crippen molar-refractivity contribution >= 4 is 6.09 Å². The van der Waals surface area contributed by atoms with Gasteiger partial charge in [0.2, 0.25) is 0 Å². The van der Waals surface area contributed by atoms with E-state index in [1.54, 1.807) is 7.11 Å². The van der Waals surface area contributed by atoms with Crippen LogP contribution < -0.4 is 4.74 Å². The minimum Gasteiger partial charge on any atom is -0.497 e. The summed E-state index contributed by atoms with van der Waals surface area (Å²) in [6.07, 6.45) is 4.35. The number of rotatable bonds is 4. The topological polar surface area (TPSA) is 42.0 Å². The van der Waals surface area contributed by atoms with Crippen LogP contribution in [0.15, 0.2) is 24.3 Å². The maximum atomic E-state index is 12.2. The summed E-state index contributed by atoms with van der Waals surface area (Å²) in [4.78, 5) is 16.6. The molecule has 126 valence electrons. The van der Waals surface area contributed by atoms with Crippen LogP contribution in [0.3, 0.4) is 0 Å². The van der Waals surface area contributed by atoms with E-state index >= 15 is 0 Å². The van der Waals surface area contributed by atoms with Gasteiger partial charge in [-0.2, -0.15) is 0 Å². The predicted octanol–water partition coefficient (Wildman–Crippen LogP) is 2.54. The zero-order chi connectivity index (χ0) is 16.1. The van der Waals surface area contributed by atoms with E-state index in [4.69, 9.17) is 9.47 Å². The van der Waals surface area contributed by atoms with Crippen LogP contribution in [0.1, 0.15) is 24.8 Å². The normalized spacial score (nSPS) is 21.6. The first-order chi connectivity index (χ1) is 11.3. The van der Waals surface area contributed by atoms with Crippen LogP contribution in [0.4, 0.5) is 4.79 Å². The molecule has 1 atom stereocenters. The molecular formula is C18H26N2O3. The molecule has 5 heteroatoms. The minimum absolute atomic E-state index is 0.163. The first-order valence-corrected chi connectivity index (χ1v) is 8.55.